The van der Waals surface area contributed by atoms with Crippen molar-refractivity contribution in [3.8, 4) is 17.3 Å². The highest BCUT2D eigenvalue weighted by molar-refractivity contribution is 5.83. The predicted octanol–water partition coefficient (Wildman–Crippen LogP) is 1.99. The highest BCUT2D eigenvalue weighted by Crippen LogP contribution is 2.31. The summed E-state index contributed by atoms with van der Waals surface area (Å²) in [5.74, 6) is -0.0391. The van der Waals surface area contributed by atoms with Gasteiger partial charge >= 0.3 is 0 Å². The van der Waals surface area contributed by atoms with E-state index in [0.29, 0.717) is 5.56 Å². The fourth-order valence-corrected chi connectivity index (χ4v) is 2.04. The van der Waals surface area contributed by atoms with Crippen LogP contribution < -0.4 is 5.73 Å². The van der Waals surface area contributed by atoms with Gasteiger partial charge in [0.15, 0.2) is 5.69 Å². The molecule has 0 spiro atoms. The Morgan fingerprint density at radius 2 is 2.19 bits per heavy atom. The van der Waals surface area contributed by atoms with E-state index in [-0.39, 0.29) is 22.8 Å². The van der Waals surface area contributed by atoms with Gasteiger partial charge in [-0.1, -0.05) is 6.07 Å². The van der Waals surface area contributed by atoms with E-state index in [1.807, 2.05) is 0 Å². The van der Waals surface area contributed by atoms with Gasteiger partial charge in [0, 0.05) is 11.6 Å². The maximum absolute atomic E-state index is 11.2. The molecule has 102 valence electrons. The molecule has 8 nitrogen and oxygen atoms in total. The number of aromatic amines is 1. The molecule has 1 aromatic carbocycles. The molecule has 0 fully saturated rings. The van der Waals surface area contributed by atoms with E-state index in [1.165, 1.54) is 6.33 Å². The molecule has 2 heterocycles. The second-order valence-corrected chi connectivity index (χ2v) is 4.29. The Kier molecular flexibility index (Phi) is 2.73. The molecule has 0 radical (unpaired) electrons. The summed E-state index contributed by atoms with van der Waals surface area (Å²) in [6.45, 7) is 0. The molecule has 0 saturated heterocycles. The lowest BCUT2D eigenvalue weighted by Crippen LogP contribution is -2.01. The van der Waals surface area contributed by atoms with E-state index < -0.39 is 4.92 Å². The van der Waals surface area contributed by atoms with Gasteiger partial charge in [0.25, 0.3) is 5.69 Å². The van der Waals surface area contributed by atoms with Gasteiger partial charge in [-0.05, 0) is 12.1 Å². The van der Waals surface area contributed by atoms with Crippen molar-refractivity contribution in [2.75, 3.05) is 5.73 Å². The molecule has 0 saturated carbocycles. The number of hydrogen-bond donors (Lipinski definition) is 2. The van der Waals surface area contributed by atoms with Crippen LogP contribution in [0, 0.1) is 21.4 Å². The first-order valence-corrected chi connectivity index (χ1v) is 5.88. The Labute approximate surface area is 118 Å². The molecule has 0 amide bonds. The third-order valence-electron chi connectivity index (χ3n) is 3.04. The normalized spacial score (nSPS) is 10.4. The standard InChI is InChI=1S/C13H8N6O2/c14-5-8-4-11(19(20)21)12(18-13(8)15)7-1-2-9-10(3-7)17-6-16-9/h1-4,6H,(H2,15,18)(H,16,17). The number of pyridine rings is 1. The van der Waals surface area contributed by atoms with Gasteiger partial charge in [0.1, 0.15) is 17.5 Å². The number of hydrogen-bond acceptors (Lipinski definition) is 6. The maximum atomic E-state index is 11.2. The SMILES string of the molecule is N#Cc1cc([N+](=O)[O-])c(-c2ccc3nc[nH]c3c2)nc1N. The fraction of sp³-hybridized carbons (Fsp3) is 0. The minimum absolute atomic E-state index is 0.0203. The number of fused-ring (bicyclic) bond motifs is 1. The summed E-state index contributed by atoms with van der Waals surface area (Å²) in [6.07, 6.45) is 1.53. The average molecular weight is 280 g/mol. The largest absolute Gasteiger partial charge is 0.383 e. The first kappa shape index (κ1) is 12.6. The van der Waals surface area contributed by atoms with E-state index in [9.17, 15) is 10.1 Å². The van der Waals surface area contributed by atoms with Gasteiger partial charge < -0.3 is 10.7 Å². The van der Waals surface area contributed by atoms with Crippen LogP contribution in [0.2, 0.25) is 0 Å². The quantitative estimate of drug-likeness (QED) is 0.544. The summed E-state index contributed by atoms with van der Waals surface area (Å²) >= 11 is 0. The predicted molar refractivity (Wildman–Crippen MR) is 75.1 cm³/mol. The molecule has 3 N–H and O–H groups in total. The topological polar surface area (TPSA) is 135 Å². The Balaban J connectivity index is 2.27. The zero-order valence-corrected chi connectivity index (χ0v) is 10.6. The molecule has 0 atom stereocenters. The smallest absolute Gasteiger partial charge is 0.296 e. The van der Waals surface area contributed by atoms with Crippen LogP contribution in [0.25, 0.3) is 22.3 Å². The number of nitriles is 1. The van der Waals surface area contributed by atoms with Crippen molar-refractivity contribution in [3.05, 3.63) is 46.3 Å². The molecule has 0 aliphatic heterocycles. The van der Waals surface area contributed by atoms with E-state index in [2.05, 4.69) is 15.0 Å². The number of nitrogens with one attached hydrogen (secondary N) is 1. The van der Waals surface area contributed by atoms with E-state index >= 15 is 0 Å². The Bertz CT molecular complexity index is 909. The number of rotatable bonds is 2. The van der Waals surface area contributed by atoms with Crippen molar-refractivity contribution < 1.29 is 4.92 Å². The molecule has 21 heavy (non-hydrogen) atoms. The zero-order valence-electron chi connectivity index (χ0n) is 10.6. The van der Waals surface area contributed by atoms with Crippen LogP contribution in [-0.4, -0.2) is 19.9 Å². The Morgan fingerprint density at radius 3 is 2.90 bits per heavy atom. The number of imidazole rings is 1. The van der Waals surface area contributed by atoms with Gasteiger partial charge in [-0.15, -0.1) is 0 Å². The molecule has 0 unspecified atom stereocenters. The number of benzene rings is 1. The molecule has 3 rings (SSSR count). The number of H-pyrrole nitrogens is 1. The van der Waals surface area contributed by atoms with Gasteiger partial charge in [0.05, 0.1) is 22.3 Å². The zero-order chi connectivity index (χ0) is 15.0. The number of nitrogen functional groups attached to an aromatic ring is 1. The van der Waals surface area contributed by atoms with Gasteiger partial charge in [0.2, 0.25) is 0 Å². The summed E-state index contributed by atoms with van der Waals surface area (Å²) in [4.78, 5) is 21.6. The van der Waals surface area contributed by atoms with Crippen molar-refractivity contribution in [2.45, 2.75) is 0 Å². The van der Waals surface area contributed by atoms with Gasteiger partial charge in [-0.2, -0.15) is 5.26 Å². The van der Waals surface area contributed by atoms with Crippen molar-refractivity contribution in [3.63, 3.8) is 0 Å². The molecule has 0 bridgehead atoms. The Morgan fingerprint density at radius 1 is 1.38 bits per heavy atom. The molecule has 2 aromatic heterocycles. The van der Waals surface area contributed by atoms with Crippen molar-refractivity contribution in [1.82, 2.24) is 15.0 Å². The van der Waals surface area contributed by atoms with Crippen LogP contribution in [0.1, 0.15) is 5.56 Å². The van der Waals surface area contributed by atoms with Crippen molar-refractivity contribution in [2.24, 2.45) is 0 Å². The number of aromatic nitrogens is 3. The Hall–Kier alpha value is -3.47. The molecule has 0 aliphatic carbocycles. The lowest BCUT2D eigenvalue weighted by Gasteiger charge is -2.05. The minimum Gasteiger partial charge on any atom is -0.383 e. The number of nitrogens with zero attached hydrogens (tertiary/aromatic N) is 4. The summed E-state index contributed by atoms with van der Waals surface area (Å²) in [5, 5.41) is 20.1. The summed E-state index contributed by atoms with van der Waals surface area (Å²) in [7, 11) is 0. The number of nitrogens with two attached hydrogens (primary N) is 1. The number of anilines is 1. The van der Waals surface area contributed by atoms with Crippen molar-refractivity contribution >= 4 is 22.5 Å². The van der Waals surface area contributed by atoms with E-state index in [4.69, 9.17) is 11.0 Å². The lowest BCUT2D eigenvalue weighted by atomic mass is 10.1. The van der Waals surface area contributed by atoms with Gasteiger partial charge in [-0.3, -0.25) is 10.1 Å². The minimum atomic E-state index is -0.584. The summed E-state index contributed by atoms with van der Waals surface area (Å²) in [6, 6.07) is 8.01. The van der Waals surface area contributed by atoms with Crippen LogP contribution >= 0.6 is 0 Å². The summed E-state index contributed by atoms with van der Waals surface area (Å²) in [5.41, 5.74) is 7.48. The summed E-state index contributed by atoms with van der Waals surface area (Å²) < 4.78 is 0. The van der Waals surface area contributed by atoms with Gasteiger partial charge in [-0.25, -0.2) is 9.97 Å². The third kappa shape index (κ3) is 2.02. The van der Waals surface area contributed by atoms with E-state index in [0.717, 1.165) is 17.1 Å². The fourth-order valence-electron chi connectivity index (χ4n) is 2.04. The molecule has 8 heteroatoms. The monoisotopic (exact) mass is 280 g/mol. The maximum Gasteiger partial charge on any atom is 0.296 e. The highest BCUT2D eigenvalue weighted by Gasteiger charge is 2.20. The van der Waals surface area contributed by atoms with Crippen LogP contribution in [0.15, 0.2) is 30.6 Å². The van der Waals surface area contributed by atoms with E-state index in [1.54, 1.807) is 24.3 Å². The first-order valence-electron chi connectivity index (χ1n) is 5.88. The van der Waals surface area contributed by atoms with Crippen LogP contribution in [-0.2, 0) is 0 Å². The van der Waals surface area contributed by atoms with Crippen LogP contribution in [0.4, 0.5) is 11.5 Å². The number of nitro groups is 1. The molecule has 0 aliphatic rings. The molecular formula is C13H8N6O2. The van der Waals surface area contributed by atoms with Crippen molar-refractivity contribution in [1.29, 1.82) is 5.26 Å². The first-order chi connectivity index (χ1) is 10.1. The molecular weight excluding hydrogens is 272 g/mol. The van der Waals surface area contributed by atoms with Crippen LogP contribution in [0.3, 0.4) is 0 Å². The second kappa shape index (κ2) is 4.57. The molecule has 3 aromatic rings. The highest BCUT2D eigenvalue weighted by atomic mass is 16.6. The lowest BCUT2D eigenvalue weighted by molar-refractivity contribution is -0.384. The average Bonchev–Trinajstić information content (AvgIpc) is 2.93. The van der Waals surface area contributed by atoms with Crippen LogP contribution in [0.5, 0.6) is 0 Å². The second-order valence-electron chi connectivity index (χ2n) is 4.29. The third-order valence-corrected chi connectivity index (χ3v) is 3.04.